The Balaban J connectivity index is 1.42. The van der Waals surface area contributed by atoms with Gasteiger partial charge in [0, 0.05) is 16.8 Å². The van der Waals surface area contributed by atoms with E-state index in [0.29, 0.717) is 46.6 Å². The summed E-state index contributed by atoms with van der Waals surface area (Å²) in [6, 6.07) is 30.7. The molecule has 0 radical (unpaired) electrons. The first-order chi connectivity index (χ1) is 21.0. The van der Waals surface area contributed by atoms with Gasteiger partial charge in [0.1, 0.15) is 5.82 Å². The van der Waals surface area contributed by atoms with Crippen LogP contribution in [0.2, 0.25) is 0 Å². The van der Waals surface area contributed by atoms with E-state index in [-0.39, 0.29) is 11.8 Å². The molecule has 9 heteroatoms. The van der Waals surface area contributed by atoms with Crippen molar-refractivity contribution in [2.24, 2.45) is 9.98 Å². The van der Waals surface area contributed by atoms with Crippen LogP contribution in [0.5, 0.6) is 0 Å². The van der Waals surface area contributed by atoms with Crippen LogP contribution < -0.4 is 10.2 Å². The number of ether oxygens (including phenoxy) is 1. The highest BCUT2D eigenvalue weighted by atomic mass is 19.1. The minimum absolute atomic E-state index is 0.301. The molecule has 0 fully saturated rings. The van der Waals surface area contributed by atoms with Crippen molar-refractivity contribution < 1.29 is 13.9 Å². The molecule has 2 aliphatic rings. The number of aliphatic imine (C=N–C) groups is 2. The van der Waals surface area contributed by atoms with Gasteiger partial charge in [-0.05, 0) is 68.4 Å². The Morgan fingerprint density at radius 1 is 0.907 bits per heavy atom. The molecule has 0 spiro atoms. The van der Waals surface area contributed by atoms with Crippen molar-refractivity contribution >= 4 is 40.5 Å². The lowest BCUT2D eigenvalue weighted by Crippen LogP contribution is -2.46. The molecule has 0 saturated heterocycles. The summed E-state index contributed by atoms with van der Waals surface area (Å²) in [6.07, 6.45) is 0. The Hall–Kier alpha value is -5.57. The molecule has 5 aromatic rings. The van der Waals surface area contributed by atoms with E-state index >= 15 is 4.39 Å². The van der Waals surface area contributed by atoms with Crippen LogP contribution in [0.25, 0.3) is 5.69 Å². The Bertz CT molecular complexity index is 1910. The standard InChI is InChI=1S/C34H27FN6O2/c1-3-43-34(42)22-17-19-23(20-18-22)36-31-33-38-32-29(21(2)39-41(32)24-11-5-4-6-12-24)30(25-13-7-8-14-26(25)35)40(33)28-16-10-9-15-27(28)37-31/h4-20,30H,3H2,1-2H3,(H,36,37)/t30-/m1/s1. The monoisotopic (exact) mass is 570 g/mol. The number of carbonyl (C=O) groups is 1. The fourth-order valence-corrected chi connectivity index (χ4v) is 5.58. The van der Waals surface area contributed by atoms with Gasteiger partial charge < -0.3 is 15.0 Å². The minimum atomic E-state index is -0.569. The molecule has 0 unspecified atom stereocenters. The van der Waals surface area contributed by atoms with Crippen LogP contribution >= 0.6 is 0 Å². The van der Waals surface area contributed by atoms with Gasteiger partial charge in [0.2, 0.25) is 0 Å². The number of hydrogen-bond donors (Lipinski definition) is 1. The molecule has 1 aromatic heterocycles. The van der Waals surface area contributed by atoms with Crippen LogP contribution in [0.1, 0.15) is 40.1 Å². The summed E-state index contributed by atoms with van der Waals surface area (Å²) in [5.74, 6) is 0.898. The van der Waals surface area contributed by atoms with E-state index in [1.54, 1.807) is 41.9 Å². The second-order valence-corrected chi connectivity index (χ2v) is 10.2. The number of rotatable bonds is 5. The lowest BCUT2D eigenvalue weighted by atomic mass is 9.93. The largest absolute Gasteiger partial charge is 0.462 e. The van der Waals surface area contributed by atoms with Gasteiger partial charge in [0.25, 0.3) is 0 Å². The van der Waals surface area contributed by atoms with E-state index in [0.717, 1.165) is 22.6 Å². The van der Waals surface area contributed by atoms with Crippen LogP contribution in [-0.2, 0) is 4.74 Å². The van der Waals surface area contributed by atoms with Crippen LogP contribution in [-0.4, -0.2) is 34.0 Å². The number of aryl methyl sites for hydroxylation is 1. The predicted octanol–water partition coefficient (Wildman–Crippen LogP) is 7.29. The normalized spacial score (nSPS) is 15.0. The summed E-state index contributed by atoms with van der Waals surface area (Å²) in [5.41, 5.74) is 5.57. The third kappa shape index (κ3) is 4.55. The van der Waals surface area contributed by atoms with Gasteiger partial charge in [-0.2, -0.15) is 5.10 Å². The van der Waals surface area contributed by atoms with Gasteiger partial charge in [0.15, 0.2) is 17.5 Å². The van der Waals surface area contributed by atoms with Crippen molar-refractivity contribution in [1.82, 2.24) is 9.78 Å². The maximum absolute atomic E-state index is 15.7. The molecule has 4 aromatic carbocycles. The third-order valence-corrected chi connectivity index (χ3v) is 7.50. The fourth-order valence-electron chi connectivity index (χ4n) is 5.58. The molecule has 212 valence electrons. The first-order valence-electron chi connectivity index (χ1n) is 14.0. The topological polar surface area (TPSA) is 84.1 Å². The van der Waals surface area contributed by atoms with Gasteiger partial charge in [-0.1, -0.05) is 48.5 Å². The van der Waals surface area contributed by atoms with Crippen molar-refractivity contribution in [3.05, 3.63) is 131 Å². The smallest absolute Gasteiger partial charge is 0.338 e. The Labute approximate surface area is 247 Å². The summed E-state index contributed by atoms with van der Waals surface area (Å²) in [4.78, 5) is 24.4. The second kappa shape index (κ2) is 10.7. The molecule has 0 saturated carbocycles. The lowest BCUT2D eigenvalue weighted by molar-refractivity contribution is 0.0526. The van der Waals surface area contributed by atoms with Crippen LogP contribution in [0.15, 0.2) is 113 Å². The zero-order chi connectivity index (χ0) is 29.5. The average Bonchev–Trinajstić information content (AvgIpc) is 3.37. The van der Waals surface area contributed by atoms with Gasteiger partial charge >= 0.3 is 5.97 Å². The molecule has 8 nitrogen and oxygen atoms in total. The van der Waals surface area contributed by atoms with Crippen molar-refractivity contribution in [2.75, 3.05) is 16.8 Å². The SMILES string of the molecule is CCOC(=O)c1ccc(NC2=Nc3ccccc3N3C2=Nc2c(c(C)nn2-c2ccccc2)[C@H]3c2ccccc2F)cc1. The molecule has 43 heavy (non-hydrogen) atoms. The number of nitrogens with one attached hydrogen (secondary N) is 1. The molecular weight excluding hydrogens is 543 g/mol. The number of hydrogen-bond acceptors (Lipinski definition) is 7. The Kier molecular flexibility index (Phi) is 6.54. The van der Waals surface area contributed by atoms with Crippen LogP contribution in [0, 0.1) is 12.7 Å². The second-order valence-electron chi connectivity index (χ2n) is 10.2. The van der Waals surface area contributed by atoms with E-state index in [1.165, 1.54) is 6.07 Å². The highest BCUT2D eigenvalue weighted by Gasteiger charge is 2.42. The van der Waals surface area contributed by atoms with Gasteiger partial charge in [-0.3, -0.25) is 0 Å². The summed E-state index contributed by atoms with van der Waals surface area (Å²) in [7, 11) is 0. The number of benzene rings is 4. The Morgan fingerprint density at radius 2 is 1.63 bits per heavy atom. The molecule has 3 heterocycles. The minimum Gasteiger partial charge on any atom is -0.462 e. The number of carbonyl (C=O) groups excluding carboxylic acids is 1. The number of nitrogens with zero attached hydrogens (tertiary/aromatic N) is 5. The van der Waals surface area contributed by atoms with E-state index in [9.17, 15) is 4.79 Å². The van der Waals surface area contributed by atoms with Gasteiger partial charge in [-0.25, -0.2) is 23.9 Å². The number of para-hydroxylation sites is 3. The van der Waals surface area contributed by atoms with Crippen molar-refractivity contribution in [3.63, 3.8) is 0 Å². The van der Waals surface area contributed by atoms with E-state index in [1.807, 2.05) is 78.6 Å². The summed E-state index contributed by atoms with van der Waals surface area (Å²) in [5, 5.41) is 8.29. The maximum atomic E-state index is 15.7. The molecule has 1 N–H and O–H groups in total. The van der Waals surface area contributed by atoms with Crippen molar-refractivity contribution in [1.29, 1.82) is 0 Å². The number of anilines is 2. The fraction of sp³-hybridized carbons (Fsp3) is 0.118. The number of halogens is 1. The molecule has 7 rings (SSSR count). The Morgan fingerprint density at radius 3 is 2.40 bits per heavy atom. The number of fused-ring (bicyclic) bond motifs is 4. The quantitative estimate of drug-likeness (QED) is 0.224. The van der Waals surface area contributed by atoms with Gasteiger partial charge in [-0.15, -0.1) is 0 Å². The molecule has 0 bridgehead atoms. The average molecular weight is 571 g/mol. The zero-order valence-corrected chi connectivity index (χ0v) is 23.5. The van der Waals surface area contributed by atoms with Crippen LogP contribution in [0.4, 0.5) is 27.3 Å². The summed E-state index contributed by atoms with van der Waals surface area (Å²) >= 11 is 0. The van der Waals surface area contributed by atoms with Crippen molar-refractivity contribution in [2.45, 2.75) is 19.9 Å². The lowest BCUT2D eigenvalue weighted by Gasteiger charge is -2.40. The zero-order valence-electron chi connectivity index (χ0n) is 23.5. The maximum Gasteiger partial charge on any atom is 0.338 e. The van der Waals surface area contributed by atoms with Crippen molar-refractivity contribution in [3.8, 4) is 5.69 Å². The number of aromatic nitrogens is 2. The molecular formula is C34H27FN6O2. The van der Waals surface area contributed by atoms with Crippen LogP contribution in [0.3, 0.4) is 0 Å². The van der Waals surface area contributed by atoms with E-state index < -0.39 is 6.04 Å². The van der Waals surface area contributed by atoms with E-state index in [4.69, 9.17) is 19.8 Å². The summed E-state index contributed by atoms with van der Waals surface area (Å²) < 4.78 is 22.6. The molecule has 0 amide bonds. The van der Waals surface area contributed by atoms with E-state index in [2.05, 4.69) is 5.32 Å². The van der Waals surface area contributed by atoms with Gasteiger partial charge in [0.05, 0.1) is 41.0 Å². The highest BCUT2D eigenvalue weighted by molar-refractivity contribution is 6.51. The molecule has 2 aliphatic heterocycles. The molecule has 0 aliphatic carbocycles. The highest BCUT2D eigenvalue weighted by Crippen LogP contribution is 2.48. The first kappa shape index (κ1) is 26.3. The molecule has 1 atom stereocenters. The number of esters is 1. The first-order valence-corrected chi connectivity index (χ1v) is 14.0. The predicted molar refractivity (Wildman–Crippen MR) is 166 cm³/mol. The summed E-state index contributed by atoms with van der Waals surface area (Å²) in [6.45, 7) is 4.00. The third-order valence-electron chi connectivity index (χ3n) is 7.50. The number of amidine groups is 2.